The number of nitrogens with zero attached hydrogens (tertiary/aromatic N) is 1. The van der Waals surface area contributed by atoms with Crippen molar-refractivity contribution in [2.45, 2.75) is 6.42 Å². The Balaban J connectivity index is 1.87. The summed E-state index contributed by atoms with van der Waals surface area (Å²) in [5.41, 5.74) is 2.44. The second-order valence-corrected chi connectivity index (χ2v) is 4.37. The van der Waals surface area contributed by atoms with Gasteiger partial charge in [0.2, 0.25) is 0 Å². The van der Waals surface area contributed by atoms with E-state index in [9.17, 15) is 0 Å². The Morgan fingerprint density at radius 1 is 1.12 bits per heavy atom. The average Bonchev–Trinajstić information content (AvgIpc) is 2.33. The molecule has 0 unspecified atom stereocenters. The number of nitrogens with one attached hydrogen (secondary N) is 1. The van der Waals surface area contributed by atoms with Gasteiger partial charge in [-0.25, -0.2) is 0 Å². The standard InChI is InChI=1S/C13H13BrN2/c14-12-10-15-8-7-13(12)16-9-6-11-4-2-1-3-5-11/h1-5,7-8,10H,6,9H2,(H,15,16). The molecule has 0 saturated carbocycles. The topological polar surface area (TPSA) is 24.9 Å². The SMILES string of the molecule is Brc1cnccc1NCCc1ccccc1. The highest BCUT2D eigenvalue weighted by molar-refractivity contribution is 9.10. The molecule has 0 saturated heterocycles. The number of pyridine rings is 1. The van der Waals surface area contributed by atoms with Gasteiger partial charge in [0.25, 0.3) is 0 Å². The van der Waals surface area contributed by atoms with E-state index >= 15 is 0 Å². The number of hydrogen-bond acceptors (Lipinski definition) is 2. The molecule has 0 fully saturated rings. The molecule has 16 heavy (non-hydrogen) atoms. The molecule has 1 N–H and O–H groups in total. The average molecular weight is 277 g/mol. The molecule has 82 valence electrons. The van der Waals surface area contributed by atoms with E-state index < -0.39 is 0 Å². The molecular formula is C13H13BrN2. The maximum Gasteiger partial charge on any atom is 0.0590 e. The van der Waals surface area contributed by atoms with Crippen LogP contribution in [0.3, 0.4) is 0 Å². The van der Waals surface area contributed by atoms with E-state index in [1.165, 1.54) is 5.56 Å². The largest absolute Gasteiger partial charge is 0.384 e. The Kier molecular flexibility index (Phi) is 3.94. The van der Waals surface area contributed by atoms with Gasteiger partial charge in [-0.1, -0.05) is 30.3 Å². The molecule has 0 radical (unpaired) electrons. The number of anilines is 1. The molecule has 2 rings (SSSR count). The van der Waals surface area contributed by atoms with E-state index in [1.807, 2.05) is 12.1 Å². The molecule has 0 spiro atoms. The second kappa shape index (κ2) is 5.66. The number of halogens is 1. The van der Waals surface area contributed by atoms with Crippen LogP contribution in [0, 0.1) is 0 Å². The van der Waals surface area contributed by atoms with Crippen molar-refractivity contribution in [2.75, 3.05) is 11.9 Å². The highest BCUT2D eigenvalue weighted by Gasteiger charge is 1.97. The summed E-state index contributed by atoms with van der Waals surface area (Å²) in [6, 6.07) is 12.4. The normalized spacial score (nSPS) is 10.1. The predicted molar refractivity (Wildman–Crippen MR) is 70.6 cm³/mol. The fraction of sp³-hybridized carbons (Fsp3) is 0.154. The summed E-state index contributed by atoms with van der Waals surface area (Å²) >= 11 is 3.46. The number of benzene rings is 1. The fourth-order valence-corrected chi connectivity index (χ4v) is 1.90. The number of rotatable bonds is 4. The van der Waals surface area contributed by atoms with E-state index in [2.05, 4.69) is 50.5 Å². The minimum Gasteiger partial charge on any atom is -0.384 e. The van der Waals surface area contributed by atoms with Crippen molar-refractivity contribution in [1.82, 2.24) is 4.98 Å². The van der Waals surface area contributed by atoms with Gasteiger partial charge < -0.3 is 5.32 Å². The van der Waals surface area contributed by atoms with Crippen molar-refractivity contribution in [3.8, 4) is 0 Å². The molecule has 0 aliphatic carbocycles. The molecule has 1 heterocycles. The minimum atomic E-state index is 0.923. The van der Waals surface area contributed by atoms with Gasteiger partial charge in [-0.05, 0) is 34.0 Å². The quantitative estimate of drug-likeness (QED) is 0.925. The molecular weight excluding hydrogens is 264 g/mol. The Bertz CT molecular complexity index is 443. The van der Waals surface area contributed by atoms with Crippen LogP contribution in [0.25, 0.3) is 0 Å². The molecule has 0 amide bonds. The molecule has 0 aliphatic heterocycles. The van der Waals surface area contributed by atoms with Crippen LogP contribution in [-0.4, -0.2) is 11.5 Å². The van der Waals surface area contributed by atoms with Crippen LogP contribution < -0.4 is 5.32 Å². The van der Waals surface area contributed by atoms with Crippen molar-refractivity contribution >= 4 is 21.6 Å². The first kappa shape index (κ1) is 11.1. The molecule has 0 aliphatic rings. The maximum absolute atomic E-state index is 4.02. The van der Waals surface area contributed by atoms with Crippen LogP contribution in [0.4, 0.5) is 5.69 Å². The fourth-order valence-electron chi connectivity index (χ4n) is 1.50. The zero-order valence-electron chi connectivity index (χ0n) is 8.86. The highest BCUT2D eigenvalue weighted by atomic mass is 79.9. The Morgan fingerprint density at radius 3 is 2.69 bits per heavy atom. The maximum atomic E-state index is 4.02. The van der Waals surface area contributed by atoms with Gasteiger partial charge in [-0.2, -0.15) is 0 Å². The van der Waals surface area contributed by atoms with E-state index in [0.29, 0.717) is 0 Å². The lowest BCUT2D eigenvalue weighted by atomic mass is 10.1. The Morgan fingerprint density at radius 2 is 1.94 bits per heavy atom. The van der Waals surface area contributed by atoms with E-state index in [4.69, 9.17) is 0 Å². The van der Waals surface area contributed by atoms with Gasteiger partial charge in [0.15, 0.2) is 0 Å². The lowest BCUT2D eigenvalue weighted by molar-refractivity contribution is 1.02. The highest BCUT2D eigenvalue weighted by Crippen LogP contribution is 2.19. The number of aromatic nitrogens is 1. The third kappa shape index (κ3) is 3.07. The smallest absolute Gasteiger partial charge is 0.0590 e. The summed E-state index contributed by atoms with van der Waals surface area (Å²) in [4.78, 5) is 4.02. The molecule has 1 aromatic heterocycles. The first-order valence-corrected chi connectivity index (χ1v) is 6.03. The van der Waals surface area contributed by atoms with Gasteiger partial charge in [0.05, 0.1) is 10.2 Å². The van der Waals surface area contributed by atoms with Crippen LogP contribution in [0.2, 0.25) is 0 Å². The van der Waals surface area contributed by atoms with Crippen LogP contribution >= 0.6 is 15.9 Å². The van der Waals surface area contributed by atoms with E-state index in [0.717, 1.165) is 23.1 Å². The van der Waals surface area contributed by atoms with Crippen molar-refractivity contribution in [3.63, 3.8) is 0 Å². The van der Waals surface area contributed by atoms with Gasteiger partial charge in [0.1, 0.15) is 0 Å². The first-order valence-electron chi connectivity index (χ1n) is 5.23. The van der Waals surface area contributed by atoms with Crippen LogP contribution in [-0.2, 0) is 6.42 Å². The third-order valence-electron chi connectivity index (χ3n) is 2.34. The number of hydrogen-bond donors (Lipinski definition) is 1. The predicted octanol–water partition coefficient (Wildman–Crippen LogP) is 3.50. The Hall–Kier alpha value is -1.35. The van der Waals surface area contributed by atoms with Crippen molar-refractivity contribution in [3.05, 3.63) is 58.8 Å². The van der Waals surface area contributed by atoms with Crippen molar-refractivity contribution in [2.24, 2.45) is 0 Å². The van der Waals surface area contributed by atoms with Crippen LogP contribution in [0.1, 0.15) is 5.56 Å². The lowest BCUT2D eigenvalue weighted by Gasteiger charge is -2.07. The summed E-state index contributed by atoms with van der Waals surface area (Å²) in [7, 11) is 0. The van der Waals surface area contributed by atoms with E-state index in [-0.39, 0.29) is 0 Å². The first-order chi connectivity index (χ1) is 7.86. The van der Waals surface area contributed by atoms with Crippen LogP contribution in [0.5, 0.6) is 0 Å². The Labute approximate surface area is 104 Å². The monoisotopic (exact) mass is 276 g/mol. The zero-order valence-corrected chi connectivity index (χ0v) is 10.4. The van der Waals surface area contributed by atoms with Gasteiger partial charge >= 0.3 is 0 Å². The molecule has 3 heteroatoms. The van der Waals surface area contributed by atoms with Crippen molar-refractivity contribution < 1.29 is 0 Å². The minimum absolute atomic E-state index is 0.923. The van der Waals surface area contributed by atoms with Gasteiger partial charge in [-0.15, -0.1) is 0 Å². The second-order valence-electron chi connectivity index (χ2n) is 3.52. The molecule has 0 bridgehead atoms. The lowest BCUT2D eigenvalue weighted by Crippen LogP contribution is -2.05. The summed E-state index contributed by atoms with van der Waals surface area (Å²) in [5.74, 6) is 0. The summed E-state index contributed by atoms with van der Waals surface area (Å²) in [6.07, 6.45) is 4.61. The third-order valence-corrected chi connectivity index (χ3v) is 2.98. The van der Waals surface area contributed by atoms with Gasteiger partial charge in [-0.3, -0.25) is 4.98 Å². The zero-order chi connectivity index (χ0) is 11.2. The molecule has 1 aromatic carbocycles. The molecule has 2 nitrogen and oxygen atoms in total. The van der Waals surface area contributed by atoms with Gasteiger partial charge in [0, 0.05) is 18.9 Å². The summed E-state index contributed by atoms with van der Waals surface area (Å²) < 4.78 is 1.00. The van der Waals surface area contributed by atoms with Crippen molar-refractivity contribution in [1.29, 1.82) is 0 Å². The van der Waals surface area contributed by atoms with Crippen LogP contribution in [0.15, 0.2) is 53.3 Å². The van der Waals surface area contributed by atoms with E-state index in [1.54, 1.807) is 12.4 Å². The molecule has 2 aromatic rings. The summed E-state index contributed by atoms with van der Waals surface area (Å²) in [6.45, 7) is 0.923. The summed E-state index contributed by atoms with van der Waals surface area (Å²) in [5, 5.41) is 3.37. The molecule has 0 atom stereocenters.